The Morgan fingerprint density at radius 3 is 1.34 bits per heavy atom. The molecule has 0 radical (unpaired) electrons. The van der Waals surface area contributed by atoms with Crippen molar-refractivity contribution in [1.82, 2.24) is 0 Å². The molecule has 0 aliphatic heterocycles. The maximum Gasteiger partial charge on any atom is -1.00 e. The molecule has 0 aromatic heterocycles. The summed E-state index contributed by atoms with van der Waals surface area (Å²) in [5.41, 5.74) is 0. The fraction of sp³-hybridized carbons (Fsp3) is 0.657. The maximum atomic E-state index is 2.76. The minimum atomic E-state index is -1.96. The molecule has 13 atom stereocenters. The van der Waals surface area contributed by atoms with Gasteiger partial charge in [0.15, 0.2) is 0 Å². The molecule has 0 spiro atoms. The molecule has 8 aliphatic rings. The third-order valence-electron chi connectivity index (χ3n) is 12.7. The van der Waals surface area contributed by atoms with Crippen LogP contribution in [0.15, 0.2) is 72.9 Å². The van der Waals surface area contributed by atoms with E-state index in [1.807, 2.05) is 0 Å². The third-order valence-corrected chi connectivity index (χ3v) is 24.2. The summed E-state index contributed by atoms with van der Waals surface area (Å²) in [7, 11) is 0. The number of hydrogen-bond acceptors (Lipinski definition) is 0. The molecule has 3 heteroatoms. The van der Waals surface area contributed by atoms with E-state index in [1.54, 1.807) is 19.3 Å². The van der Waals surface area contributed by atoms with Gasteiger partial charge in [0.25, 0.3) is 0 Å². The SMILES string of the molecule is C1=CC2CC[CH]([Zr+2]([CH]3C4C=CC=CC4C4CCCCC43)[CH]3C4C=CC=CC4C4CCCCC43)C2C=C1.[Cl-].[Cl-]. The molecule has 203 valence electrons. The molecular formula is C35H45Cl2Zr. The monoisotopic (exact) mass is 625 g/mol. The van der Waals surface area contributed by atoms with E-state index in [1.165, 1.54) is 44.9 Å². The Kier molecular flexibility index (Phi) is 8.60. The van der Waals surface area contributed by atoms with E-state index in [0.717, 1.165) is 70.1 Å². The van der Waals surface area contributed by atoms with Gasteiger partial charge in [-0.05, 0) is 0 Å². The van der Waals surface area contributed by atoms with Crippen molar-refractivity contribution in [3.63, 3.8) is 0 Å². The van der Waals surface area contributed by atoms with Gasteiger partial charge in [0.1, 0.15) is 0 Å². The Morgan fingerprint density at radius 2 is 0.816 bits per heavy atom. The molecule has 0 aromatic carbocycles. The predicted molar refractivity (Wildman–Crippen MR) is 147 cm³/mol. The molecule has 13 unspecified atom stereocenters. The zero-order chi connectivity index (χ0) is 23.6. The summed E-state index contributed by atoms with van der Waals surface area (Å²) in [5, 5.41) is 0. The standard InChI is InChI=1S/2C13H17.C9H11.2ClH.Zr/c2*1-3-7-12-10(5-1)9-11-6-2-4-8-13(11)12;1-2-5-9-7-3-6-8(9)4-1;;;/h2*1,3,5,7,9-13H,2,4,6,8H2;1-2,4-6,8-9H,3,7H2;2*1H;/q;;;;;+2/p-2. The molecule has 0 amide bonds. The summed E-state index contributed by atoms with van der Waals surface area (Å²) < 4.78 is 3.31. The Hall–Kier alpha value is -0.0969. The van der Waals surface area contributed by atoms with Gasteiger partial charge in [-0.2, -0.15) is 0 Å². The van der Waals surface area contributed by atoms with Crippen molar-refractivity contribution in [1.29, 1.82) is 0 Å². The molecule has 8 aliphatic carbocycles. The van der Waals surface area contributed by atoms with Crippen molar-refractivity contribution in [2.24, 2.45) is 59.2 Å². The molecule has 0 heterocycles. The molecule has 0 N–H and O–H groups in total. The molecular weight excluding hydrogens is 583 g/mol. The molecule has 0 bridgehead atoms. The Labute approximate surface area is 252 Å². The van der Waals surface area contributed by atoms with Crippen LogP contribution in [0.25, 0.3) is 0 Å². The second-order valence-corrected chi connectivity index (χ2v) is 21.4. The molecule has 5 saturated carbocycles. The summed E-state index contributed by atoms with van der Waals surface area (Å²) >= 11 is -1.96. The van der Waals surface area contributed by atoms with E-state index < -0.39 is 21.8 Å². The van der Waals surface area contributed by atoms with Crippen molar-refractivity contribution >= 4 is 0 Å². The van der Waals surface area contributed by atoms with Gasteiger partial charge >= 0.3 is 229 Å². The first kappa shape index (κ1) is 28.0. The van der Waals surface area contributed by atoms with Crippen LogP contribution in [0.2, 0.25) is 10.9 Å². The van der Waals surface area contributed by atoms with Crippen molar-refractivity contribution in [2.75, 3.05) is 0 Å². The first-order valence-electron chi connectivity index (χ1n) is 15.8. The minimum Gasteiger partial charge on any atom is -1.00 e. The van der Waals surface area contributed by atoms with Crippen LogP contribution >= 0.6 is 0 Å². The molecule has 0 nitrogen and oxygen atoms in total. The van der Waals surface area contributed by atoms with Gasteiger partial charge in [-0.15, -0.1) is 0 Å². The van der Waals surface area contributed by atoms with E-state index in [0.29, 0.717) is 0 Å². The molecule has 0 aromatic rings. The van der Waals surface area contributed by atoms with E-state index in [9.17, 15) is 0 Å². The summed E-state index contributed by atoms with van der Waals surface area (Å²) in [6, 6.07) is 0. The third kappa shape index (κ3) is 4.38. The van der Waals surface area contributed by atoms with Crippen molar-refractivity contribution in [3.8, 4) is 0 Å². The fourth-order valence-corrected chi connectivity index (χ4v) is 26.7. The number of allylic oxidation sites excluding steroid dienone is 12. The Balaban J connectivity index is 0.00000132. The first-order chi connectivity index (χ1) is 17.9. The number of halogens is 2. The fourth-order valence-electron chi connectivity index (χ4n) is 11.7. The van der Waals surface area contributed by atoms with Gasteiger partial charge in [-0.3, -0.25) is 0 Å². The molecule has 0 saturated heterocycles. The van der Waals surface area contributed by atoms with Crippen LogP contribution in [0, 0.1) is 59.2 Å². The normalized spacial score (nSPS) is 48.8. The molecule has 8 rings (SSSR count). The van der Waals surface area contributed by atoms with Crippen molar-refractivity contribution in [3.05, 3.63) is 72.9 Å². The molecule has 5 fully saturated rings. The number of fused-ring (bicyclic) bond motifs is 7. The largest absolute Gasteiger partial charge is 1.00 e. The summed E-state index contributed by atoms with van der Waals surface area (Å²) in [4.78, 5) is 0. The van der Waals surface area contributed by atoms with Gasteiger partial charge in [0.2, 0.25) is 0 Å². The van der Waals surface area contributed by atoms with E-state index in [4.69, 9.17) is 0 Å². The Bertz CT molecular complexity index is 977. The zero-order valence-electron chi connectivity index (χ0n) is 22.8. The van der Waals surface area contributed by atoms with Crippen LogP contribution in [0.4, 0.5) is 0 Å². The van der Waals surface area contributed by atoms with Crippen LogP contribution in [-0.4, -0.2) is 0 Å². The van der Waals surface area contributed by atoms with Gasteiger partial charge in [0, 0.05) is 0 Å². The number of hydrogen-bond donors (Lipinski definition) is 0. The summed E-state index contributed by atoms with van der Waals surface area (Å²) in [6.07, 6.45) is 46.1. The van der Waals surface area contributed by atoms with Crippen LogP contribution in [0.1, 0.15) is 64.2 Å². The van der Waals surface area contributed by atoms with E-state index >= 15 is 0 Å². The average Bonchev–Trinajstić information content (AvgIpc) is 3.61. The van der Waals surface area contributed by atoms with Crippen molar-refractivity contribution < 1.29 is 46.6 Å². The maximum absolute atomic E-state index is 2.76. The van der Waals surface area contributed by atoms with Crippen molar-refractivity contribution in [2.45, 2.75) is 75.1 Å². The van der Waals surface area contributed by atoms with E-state index in [-0.39, 0.29) is 24.8 Å². The van der Waals surface area contributed by atoms with E-state index in [2.05, 4.69) is 72.9 Å². The van der Waals surface area contributed by atoms with Gasteiger partial charge in [-0.1, -0.05) is 0 Å². The second-order valence-electron chi connectivity index (χ2n) is 13.8. The zero-order valence-corrected chi connectivity index (χ0v) is 26.7. The second kappa shape index (κ2) is 11.6. The van der Waals surface area contributed by atoms with Crippen LogP contribution in [0.3, 0.4) is 0 Å². The quantitative estimate of drug-likeness (QED) is 0.450. The van der Waals surface area contributed by atoms with Crippen LogP contribution < -0.4 is 24.8 Å². The smallest absolute Gasteiger partial charge is 1.00 e. The first-order valence-corrected chi connectivity index (χ1v) is 20.1. The van der Waals surface area contributed by atoms with Crippen LogP contribution in [0.5, 0.6) is 0 Å². The van der Waals surface area contributed by atoms with Crippen LogP contribution in [-0.2, 0) is 21.8 Å². The topological polar surface area (TPSA) is 0 Å². The van der Waals surface area contributed by atoms with Gasteiger partial charge in [0.05, 0.1) is 0 Å². The Morgan fingerprint density at radius 1 is 0.395 bits per heavy atom. The summed E-state index contributed by atoms with van der Waals surface area (Å²) in [6.45, 7) is 0. The molecule has 38 heavy (non-hydrogen) atoms. The minimum absolute atomic E-state index is 0. The number of rotatable bonds is 3. The van der Waals surface area contributed by atoms with Gasteiger partial charge in [-0.25, -0.2) is 0 Å². The predicted octanol–water partition coefficient (Wildman–Crippen LogP) is 3.49. The summed E-state index contributed by atoms with van der Waals surface area (Å²) in [5.74, 6) is 9.41. The van der Waals surface area contributed by atoms with Gasteiger partial charge < -0.3 is 24.8 Å². The average molecular weight is 628 g/mol.